The zero-order valence-corrected chi connectivity index (χ0v) is 11.1. The van der Waals surface area contributed by atoms with Crippen LogP contribution in [-0.2, 0) is 0 Å². The lowest BCUT2D eigenvalue weighted by Gasteiger charge is -2.15. The highest BCUT2D eigenvalue weighted by Crippen LogP contribution is 2.19. The molecule has 16 heavy (non-hydrogen) atoms. The fourth-order valence-corrected chi connectivity index (χ4v) is 3.00. The number of thiazole rings is 1. The third kappa shape index (κ3) is 2.90. The van der Waals surface area contributed by atoms with Crippen LogP contribution >= 0.6 is 22.7 Å². The highest BCUT2D eigenvalue weighted by atomic mass is 32.1. The molecule has 0 saturated carbocycles. The number of nitrogens with one attached hydrogen (secondary N) is 1. The van der Waals surface area contributed by atoms with Crippen LogP contribution in [0.3, 0.4) is 0 Å². The summed E-state index contributed by atoms with van der Waals surface area (Å²) in [4.78, 5) is 4.31. The van der Waals surface area contributed by atoms with Gasteiger partial charge in [0.1, 0.15) is 0 Å². The van der Waals surface area contributed by atoms with Crippen LogP contribution in [0, 0.1) is 0 Å². The summed E-state index contributed by atoms with van der Waals surface area (Å²) >= 11 is 3.41. The molecule has 2 rings (SSSR count). The Hall–Kier alpha value is -0.710. The van der Waals surface area contributed by atoms with E-state index in [1.54, 1.807) is 22.7 Å². The Morgan fingerprint density at radius 1 is 1.31 bits per heavy atom. The molecule has 0 radical (unpaired) electrons. The summed E-state index contributed by atoms with van der Waals surface area (Å²) in [6.45, 7) is 5.41. The molecule has 2 aromatic rings. The number of hydrogen-bond acceptors (Lipinski definition) is 4. The highest BCUT2D eigenvalue weighted by Gasteiger charge is 2.10. The van der Waals surface area contributed by atoms with Gasteiger partial charge in [-0.3, -0.25) is 0 Å². The van der Waals surface area contributed by atoms with Crippen molar-refractivity contribution in [2.45, 2.75) is 25.8 Å². The highest BCUT2D eigenvalue weighted by molar-refractivity contribution is 7.08. The first kappa shape index (κ1) is 11.8. The van der Waals surface area contributed by atoms with Gasteiger partial charge in [0, 0.05) is 18.0 Å². The largest absolute Gasteiger partial charge is 0.308 e. The first-order valence-corrected chi connectivity index (χ1v) is 7.29. The molecule has 2 heterocycles. The summed E-state index contributed by atoms with van der Waals surface area (Å²) in [7, 11) is 0. The maximum Gasteiger partial charge on any atom is 0.0795 e. The minimum Gasteiger partial charge on any atom is -0.308 e. The second kappa shape index (κ2) is 5.57. The Morgan fingerprint density at radius 2 is 2.19 bits per heavy atom. The molecule has 0 fully saturated rings. The van der Waals surface area contributed by atoms with Crippen LogP contribution in [0.5, 0.6) is 0 Å². The molecule has 0 aliphatic heterocycles. The van der Waals surface area contributed by atoms with E-state index >= 15 is 0 Å². The zero-order valence-electron chi connectivity index (χ0n) is 9.51. The topological polar surface area (TPSA) is 24.9 Å². The predicted molar refractivity (Wildman–Crippen MR) is 71.3 cm³/mol. The van der Waals surface area contributed by atoms with Crippen molar-refractivity contribution in [2.75, 3.05) is 6.54 Å². The van der Waals surface area contributed by atoms with Gasteiger partial charge in [0.15, 0.2) is 0 Å². The quantitative estimate of drug-likeness (QED) is 0.878. The molecule has 1 N–H and O–H groups in total. The summed E-state index contributed by atoms with van der Waals surface area (Å²) in [6, 6.07) is 2.54. The molecule has 0 amide bonds. The van der Waals surface area contributed by atoms with Crippen LogP contribution in [0.1, 0.15) is 37.1 Å². The smallest absolute Gasteiger partial charge is 0.0795 e. The van der Waals surface area contributed by atoms with Crippen molar-refractivity contribution in [1.29, 1.82) is 0 Å². The van der Waals surface area contributed by atoms with Gasteiger partial charge in [-0.2, -0.15) is 11.3 Å². The predicted octanol–water partition coefficient (Wildman–Crippen LogP) is 3.66. The molecule has 0 spiro atoms. The summed E-state index contributed by atoms with van der Waals surface area (Å²) in [6.07, 6.45) is 0. The van der Waals surface area contributed by atoms with E-state index in [9.17, 15) is 0 Å². The summed E-state index contributed by atoms with van der Waals surface area (Å²) in [5.74, 6) is 0.562. The van der Waals surface area contributed by atoms with Crippen LogP contribution in [0.4, 0.5) is 0 Å². The first-order chi connectivity index (χ1) is 7.77. The van der Waals surface area contributed by atoms with Crippen LogP contribution in [0.2, 0.25) is 0 Å². The standard InChI is InChI=1S/C12H16N2S2/c1-9(11-3-4-15-6-11)5-13-10(2)12-7-16-8-14-12/h3-4,6-10,13H,5H2,1-2H3. The monoisotopic (exact) mass is 252 g/mol. The summed E-state index contributed by atoms with van der Waals surface area (Å²) in [5, 5.41) is 9.98. The SMILES string of the molecule is CC(CNC(C)c1cscn1)c1ccsc1. The van der Waals surface area contributed by atoms with E-state index in [0.29, 0.717) is 12.0 Å². The Bertz CT molecular complexity index is 354. The van der Waals surface area contributed by atoms with Crippen molar-refractivity contribution in [2.24, 2.45) is 0 Å². The van der Waals surface area contributed by atoms with Gasteiger partial charge in [0.25, 0.3) is 0 Å². The van der Waals surface area contributed by atoms with Gasteiger partial charge in [-0.05, 0) is 35.2 Å². The van der Waals surface area contributed by atoms with Gasteiger partial charge in [-0.15, -0.1) is 11.3 Å². The van der Waals surface area contributed by atoms with Gasteiger partial charge in [-0.25, -0.2) is 4.98 Å². The third-order valence-electron chi connectivity index (χ3n) is 2.74. The number of rotatable bonds is 5. The molecule has 0 aromatic carbocycles. The van der Waals surface area contributed by atoms with E-state index in [0.717, 1.165) is 12.2 Å². The molecule has 0 bridgehead atoms. The Labute approximate surface area is 104 Å². The van der Waals surface area contributed by atoms with E-state index in [1.807, 2.05) is 5.51 Å². The number of hydrogen-bond donors (Lipinski definition) is 1. The molecule has 2 atom stereocenters. The molecular weight excluding hydrogens is 236 g/mol. The van der Waals surface area contributed by atoms with Crippen molar-refractivity contribution in [1.82, 2.24) is 10.3 Å². The average molecular weight is 252 g/mol. The van der Waals surface area contributed by atoms with Crippen molar-refractivity contribution in [3.63, 3.8) is 0 Å². The Kier molecular flexibility index (Phi) is 4.09. The molecule has 2 unspecified atom stereocenters. The van der Waals surface area contributed by atoms with Gasteiger partial charge in [0.2, 0.25) is 0 Å². The molecule has 4 heteroatoms. The first-order valence-electron chi connectivity index (χ1n) is 5.41. The average Bonchev–Trinajstić information content (AvgIpc) is 2.95. The molecule has 0 aliphatic carbocycles. The number of thiophene rings is 1. The normalized spacial score (nSPS) is 14.9. The van der Waals surface area contributed by atoms with E-state index in [1.165, 1.54) is 5.56 Å². The molecule has 86 valence electrons. The molecular formula is C12H16N2S2. The van der Waals surface area contributed by atoms with Crippen molar-refractivity contribution in [3.8, 4) is 0 Å². The van der Waals surface area contributed by atoms with Gasteiger partial charge < -0.3 is 5.32 Å². The fourth-order valence-electron chi connectivity index (χ4n) is 1.57. The lowest BCUT2D eigenvalue weighted by Crippen LogP contribution is -2.23. The van der Waals surface area contributed by atoms with Crippen LogP contribution in [0.15, 0.2) is 27.7 Å². The Morgan fingerprint density at radius 3 is 2.81 bits per heavy atom. The molecule has 2 aromatic heterocycles. The second-order valence-electron chi connectivity index (χ2n) is 4.00. The van der Waals surface area contributed by atoms with Crippen LogP contribution in [-0.4, -0.2) is 11.5 Å². The van der Waals surface area contributed by atoms with E-state index in [2.05, 4.69) is 46.4 Å². The minimum atomic E-state index is 0.340. The van der Waals surface area contributed by atoms with Gasteiger partial charge in [0.05, 0.1) is 11.2 Å². The fraction of sp³-hybridized carbons (Fsp3) is 0.417. The van der Waals surface area contributed by atoms with Crippen molar-refractivity contribution < 1.29 is 0 Å². The van der Waals surface area contributed by atoms with E-state index in [-0.39, 0.29) is 0 Å². The number of aromatic nitrogens is 1. The molecule has 0 saturated heterocycles. The summed E-state index contributed by atoms with van der Waals surface area (Å²) < 4.78 is 0. The van der Waals surface area contributed by atoms with Crippen molar-refractivity contribution >= 4 is 22.7 Å². The van der Waals surface area contributed by atoms with E-state index < -0.39 is 0 Å². The molecule has 2 nitrogen and oxygen atoms in total. The maximum atomic E-state index is 4.31. The minimum absolute atomic E-state index is 0.340. The third-order valence-corrected chi connectivity index (χ3v) is 4.04. The zero-order chi connectivity index (χ0) is 11.4. The molecule has 0 aliphatic rings. The van der Waals surface area contributed by atoms with Crippen LogP contribution in [0.25, 0.3) is 0 Å². The lowest BCUT2D eigenvalue weighted by atomic mass is 10.0. The lowest BCUT2D eigenvalue weighted by molar-refractivity contribution is 0.530. The van der Waals surface area contributed by atoms with Gasteiger partial charge in [-0.1, -0.05) is 6.92 Å². The second-order valence-corrected chi connectivity index (χ2v) is 5.50. The number of nitrogens with zero attached hydrogens (tertiary/aromatic N) is 1. The maximum absolute atomic E-state index is 4.31. The van der Waals surface area contributed by atoms with E-state index in [4.69, 9.17) is 0 Å². The summed E-state index contributed by atoms with van der Waals surface area (Å²) in [5.41, 5.74) is 4.45. The van der Waals surface area contributed by atoms with Crippen LogP contribution < -0.4 is 5.32 Å². The van der Waals surface area contributed by atoms with Gasteiger partial charge >= 0.3 is 0 Å². The van der Waals surface area contributed by atoms with Crippen molar-refractivity contribution in [3.05, 3.63) is 39.0 Å². The Balaban J connectivity index is 1.84.